The lowest BCUT2D eigenvalue weighted by Gasteiger charge is -2.22. The summed E-state index contributed by atoms with van der Waals surface area (Å²) in [7, 11) is -3.72. The van der Waals surface area contributed by atoms with E-state index in [-0.39, 0.29) is 17.1 Å². The average molecular weight is 302 g/mol. The Morgan fingerprint density at radius 3 is 2.38 bits per heavy atom. The zero-order valence-electron chi connectivity index (χ0n) is 11.4. The highest BCUT2D eigenvalue weighted by molar-refractivity contribution is 7.92. The van der Waals surface area contributed by atoms with Crippen molar-refractivity contribution < 1.29 is 8.42 Å². The third-order valence-corrected chi connectivity index (χ3v) is 4.79. The number of anilines is 2. The van der Waals surface area contributed by atoms with E-state index in [1.807, 2.05) is 6.07 Å². The van der Waals surface area contributed by atoms with E-state index in [1.165, 1.54) is 22.6 Å². The van der Waals surface area contributed by atoms with Crippen molar-refractivity contribution >= 4 is 21.4 Å². The van der Waals surface area contributed by atoms with Gasteiger partial charge in [0.05, 0.1) is 5.69 Å². The molecule has 108 valence electrons. The zero-order valence-corrected chi connectivity index (χ0v) is 12.2. The lowest BCUT2D eigenvalue weighted by atomic mass is 10.3. The molecule has 0 saturated carbocycles. The summed E-state index contributed by atoms with van der Waals surface area (Å²) in [6, 6.07) is 11.2. The predicted octanol–water partition coefficient (Wildman–Crippen LogP) is 1.75. The molecule has 6 nitrogen and oxygen atoms in total. The molecule has 0 unspecified atom stereocenters. The van der Waals surface area contributed by atoms with E-state index in [1.54, 1.807) is 31.2 Å². The molecule has 0 aliphatic heterocycles. The monoisotopic (exact) mass is 302 g/mol. The molecular formula is C14H14N4O2S. The predicted molar refractivity (Wildman–Crippen MR) is 80.0 cm³/mol. The molecule has 1 aromatic carbocycles. The van der Waals surface area contributed by atoms with Gasteiger partial charge in [-0.2, -0.15) is 5.26 Å². The maximum absolute atomic E-state index is 12.6. The molecule has 0 fully saturated rings. The fourth-order valence-corrected chi connectivity index (χ4v) is 3.28. The Morgan fingerprint density at radius 1 is 1.24 bits per heavy atom. The van der Waals surface area contributed by atoms with Crippen LogP contribution in [0.15, 0.2) is 47.5 Å². The summed E-state index contributed by atoms with van der Waals surface area (Å²) in [5, 5.41) is 8.71. The molecule has 0 bridgehead atoms. The zero-order chi connectivity index (χ0) is 15.5. The number of sulfonamides is 1. The van der Waals surface area contributed by atoms with Crippen molar-refractivity contribution in [2.75, 3.05) is 16.6 Å². The molecule has 1 heterocycles. The van der Waals surface area contributed by atoms with Crippen molar-refractivity contribution in [2.45, 2.75) is 11.8 Å². The van der Waals surface area contributed by atoms with Gasteiger partial charge in [0.25, 0.3) is 10.0 Å². The number of nitrogen functional groups attached to an aromatic ring is 1. The summed E-state index contributed by atoms with van der Waals surface area (Å²) in [6.07, 6.45) is 1.19. The van der Waals surface area contributed by atoms with Crippen LogP contribution in [0.3, 0.4) is 0 Å². The van der Waals surface area contributed by atoms with Gasteiger partial charge in [0, 0.05) is 18.4 Å². The lowest BCUT2D eigenvalue weighted by Crippen LogP contribution is -2.30. The van der Waals surface area contributed by atoms with Crippen LogP contribution in [0.25, 0.3) is 0 Å². The molecule has 2 aromatic rings. The van der Waals surface area contributed by atoms with Crippen molar-refractivity contribution in [2.24, 2.45) is 0 Å². The second-order valence-electron chi connectivity index (χ2n) is 4.25. The van der Waals surface area contributed by atoms with Gasteiger partial charge in [-0.05, 0) is 43.3 Å². The second kappa shape index (κ2) is 5.81. The fraction of sp³-hybridized carbons (Fsp3) is 0.143. The van der Waals surface area contributed by atoms with Crippen molar-refractivity contribution in [3.05, 3.63) is 48.3 Å². The largest absolute Gasteiger partial charge is 0.399 e. The van der Waals surface area contributed by atoms with Gasteiger partial charge >= 0.3 is 0 Å². The molecule has 7 heteroatoms. The number of nitrogens with two attached hydrogens (primary N) is 1. The molecule has 0 aliphatic carbocycles. The maximum atomic E-state index is 12.6. The topological polar surface area (TPSA) is 100 Å². The Labute approximate surface area is 123 Å². The number of nitrogens with zero attached hydrogens (tertiary/aromatic N) is 3. The summed E-state index contributed by atoms with van der Waals surface area (Å²) in [5.74, 6) is 0. The Hall–Kier alpha value is -2.59. The van der Waals surface area contributed by atoms with E-state index in [0.717, 1.165) is 0 Å². The number of benzene rings is 1. The molecular weight excluding hydrogens is 288 g/mol. The molecule has 0 atom stereocenters. The van der Waals surface area contributed by atoms with E-state index in [0.29, 0.717) is 11.4 Å². The first-order chi connectivity index (χ1) is 9.98. The molecule has 2 N–H and O–H groups in total. The highest BCUT2D eigenvalue weighted by atomic mass is 32.2. The van der Waals surface area contributed by atoms with Crippen LogP contribution >= 0.6 is 0 Å². The van der Waals surface area contributed by atoms with Crippen LogP contribution in [0.4, 0.5) is 11.4 Å². The first-order valence-electron chi connectivity index (χ1n) is 6.23. The normalized spacial score (nSPS) is 10.9. The SMILES string of the molecule is CCN(c1ccc(N)cc1)S(=O)(=O)c1ccc(C#N)nc1. The number of hydrogen-bond donors (Lipinski definition) is 1. The lowest BCUT2D eigenvalue weighted by molar-refractivity contribution is 0.591. The second-order valence-corrected chi connectivity index (χ2v) is 6.11. The minimum atomic E-state index is -3.72. The molecule has 0 amide bonds. The third kappa shape index (κ3) is 2.95. The summed E-state index contributed by atoms with van der Waals surface area (Å²) in [4.78, 5) is 3.84. The molecule has 2 rings (SSSR count). The van der Waals surface area contributed by atoms with Crippen LogP contribution in [-0.2, 0) is 10.0 Å². The molecule has 21 heavy (non-hydrogen) atoms. The maximum Gasteiger partial charge on any atom is 0.265 e. The van der Waals surface area contributed by atoms with E-state index in [9.17, 15) is 8.42 Å². The molecule has 0 saturated heterocycles. The van der Waals surface area contributed by atoms with Crippen molar-refractivity contribution in [3.63, 3.8) is 0 Å². The Kier molecular flexibility index (Phi) is 4.10. The van der Waals surface area contributed by atoms with E-state index < -0.39 is 10.0 Å². The van der Waals surface area contributed by atoms with E-state index in [2.05, 4.69) is 4.98 Å². The van der Waals surface area contributed by atoms with Crippen molar-refractivity contribution in [3.8, 4) is 6.07 Å². The number of hydrogen-bond acceptors (Lipinski definition) is 5. The highest BCUT2D eigenvalue weighted by Gasteiger charge is 2.23. The van der Waals surface area contributed by atoms with Gasteiger partial charge in [0.15, 0.2) is 0 Å². The molecule has 0 spiro atoms. The third-order valence-electron chi connectivity index (χ3n) is 2.91. The molecule has 0 aliphatic rings. The van der Waals surface area contributed by atoms with Crippen LogP contribution in [0.1, 0.15) is 12.6 Å². The van der Waals surface area contributed by atoms with Gasteiger partial charge in [0.2, 0.25) is 0 Å². The molecule has 0 radical (unpaired) electrons. The van der Waals surface area contributed by atoms with Crippen LogP contribution in [0.2, 0.25) is 0 Å². The minimum absolute atomic E-state index is 0.0418. The Balaban J connectivity index is 2.44. The molecule has 1 aromatic heterocycles. The number of nitriles is 1. The van der Waals surface area contributed by atoms with Gasteiger partial charge in [-0.1, -0.05) is 0 Å². The van der Waals surface area contributed by atoms with Crippen molar-refractivity contribution in [1.29, 1.82) is 5.26 Å². The Morgan fingerprint density at radius 2 is 1.90 bits per heavy atom. The van der Waals surface area contributed by atoms with Gasteiger partial charge in [-0.15, -0.1) is 0 Å². The summed E-state index contributed by atoms with van der Waals surface area (Å²) < 4.78 is 26.5. The van der Waals surface area contributed by atoms with Gasteiger partial charge in [0.1, 0.15) is 16.7 Å². The van der Waals surface area contributed by atoms with E-state index >= 15 is 0 Å². The average Bonchev–Trinajstić information content (AvgIpc) is 2.50. The number of aromatic nitrogens is 1. The fourth-order valence-electron chi connectivity index (χ4n) is 1.86. The van der Waals surface area contributed by atoms with Gasteiger partial charge in [-0.3, -0.25) is 4.31 Å². The van der Waals surface area contributed by atoms with Crippen LogP contribution < -0.4 is 10.0 Å². The first-order valence-corrected chi connectivity index (χ1v) is 7.67. The summed E-state index contributed by atoms with van der Waals surface area (Å²) in [5.41, 5.74) is 6.87. The summed E-state index contributed by atoms with van der Waals surface area (Å²) >= 11 is 0. The van der Waals surface area contributed by atoms with E-state index in [4.69, 9.17) is 11.0 Å². The number of rotatable bonds is 4. The van der Waals surface area contributed by atoms with Crippen LogP contribution in [0.5, 0.6) is 0 Å². The Bertz CT molecular complexity index is 762. The highest BCUT2D eigenvalue weighted by Crippen LogP contribution is 2.23. The standard InChI is InChI=1S/C14H14N4O2S/c1-2-18(13-6-3-11(16)4-7-13)21(19,20)14-8-5-12(9-15)17-10-14/h3-8,10H,2,16H2,1H3. The van der Waals surface area contributed by atoms with Gasteiger partial charge in [-0.25, -0.2) is 13.4 Å². The van der Waals surface area contributed by atoms with Crippen LogP contribution in [-0.4, -0.2) is 19.9 Å². The minimum Gasteiger partial charge on any atom is -0.399 e. The van der Waals surface area contributed by atoms with Gasteiger partial charge < -0.3 is 5.73 Å². The first kappa shape index (κ1) is 14.8. The smallest absolute Gasteiger partial charge is 0.265 e. The quantitative estimate of drug-likeness (QED) is 0.867. The van der Waals surface area contributed by atoms with Crippen LogP contribution in [0, 0.1) is 11.3 Å². The number of pyridine rings is 1. The van der Waals surface area contributed by atoms with Crippen molar-refractivity contribution in [1.82, 2.24) is 4.98 Å². The summed E-state index contributed by atoms with van der Waals surface area (Å²) in [6.45, 7) is 2.01.